The number of hydrogen-bond acceptors (Lipinski definition) is 4. The molecular weight excluding hydrogens is 376 g/mol. The molecule has 1 heterocycles. The number of carbonyl (C=O) groups excluding carboxylic acids is 1. The molecule has 0 radical (unpaired) electrons. The van der Waals surface area contributed by atoms with Crippen molar-refractivity contribution in [3.05, 3.63) is 59.7 Å². The number of aryl methyl sites for hydroxylation is 1. The first-order valence-corrected chi connectivity index (χ1v) is 11.1. The number of hydrogen-bond donors (Lipinski definition) is 1. The molecule has 0 aromatic heterocycles. The van der Waals surface area contributed by atoms with E-state index in [4.69, 9.17) is 4.74 Å². The first-order chi connectivity index (χ1) is 13.4. The predicted octanol–water partition coefficient (Wildman–Crippen LogP) is 3.18. The number of rotatable bonds is 6. The lowest BCUT2D eigenvalue weighted by Gasteiger charge is -2.35. The molecule has 2 aromatic rings. The number of carbonyl (C=O) groups is 1. The molecule has 0 bridgehead atoms. The van der Waals surface area contributed by atoms with Crippen LogP contribution in [0.3, 0.4) is 0 Å². The summed E-state index contributed by atoms with van der Waals surface area (Å²) in [6.07, 6.45) is -0.189. The van der Waals surface area contributed by atoms with E-state index in [9.17, 15) is 13.2 Å². The van der Waals surface area contributed by atoms with Gasteiger partial charge in [0.2, 0.25) is 10.0 Å². The largest absolute Gasteiger partial charge is 0.476 e. The molecule has 2 aromatic carbocycles. The molecule has 0 aliphatic carbocycles. The second-order valence-corrected chi connectivity index (χ2v) is 9.07. The second kappa shape index (κ2) is 8.22. The molecular formula is C21H26N2O4S. The third-order valence-corrected chi connectivity index (χ3v) is 6.68. The Kier molecular flexibility index (Phi) is 5.93. The van der Waals surface area contributed by atoms with Crippen LogP contribution in [0.5, 0.6) is 5.75 Å². The monoisotopic (exact) mass is 402 g/mol. The number of sulfonamides is 1. The van der Waals surface area contributed by atoms with Gasteiger partial charge in [0.25, 0.3) is 5.91 Å². The highest BCUT2D eigenvalue weighted by molar-refractivity contribution is 7.92. The standard InChI is InChI=1S/C21H26N2O4S/c1-4-17(16-12-10-15(3)11-13-16)22-21(24)20-14-23(28(25,26)5-2)18-8-6-7-9-19(18)27-20/h6-13,17,20H,4-5,14H2,1-3H3,(H,22,24)/t17-,20-/m1/s1. The molecule has 7 heteroatoms. The van der Waals surface area contributed by atoms with Gasteiger partial charge in [-0.05, 0) is 38.0 Å². The summed E-state index contributed by atoms with van der Waals surface area (Å²) in [6.45, 7) is 5.56. The Labute approximate surface area is 166 Å². The van der Waals surface area contributed by atoms with Gasteiger partial charge in [0.05, 0.1) is 24.0 Å². The van der Waals surface area contributed by atoms with Crippen LogP contribution in [0.15, 0.2) is 48.5 Å². The molecule has 1 amide bonds. The molecule has 2 atom stereocenters. The molecule has 0 saturated carbocycles. The lowest BCUT2D eigenvalue weighted by atomic mass is 10.0. The maximum atomic E-state index is 12.9. The first kappa shape index (κ1) is 20.2. The van der Waals surface area contributed by atoms with Gasteiger partial charge < -0.3 is 10.1 Å². The van der Waals surface area contributed by atoms with Gasteiger partial charge >= 0.3 is 0 Å². The van der Waals surface area contributed by atoms with E-state index >= 15 is 0 Å². The number of benzene rings is 2. The fraction of sp³-hybridized carbons (Fsp3) is 0.381. The maximum absolute atomic E-state index is 12.9. The molecule has 0 spiro atoms. The average Bonchev–Trinajstić information content (AvgIpc) is 2.71. The Morgan fingerprint density at radius 1 is 1.18 bits per heavy atom. The van der Waals surface area contributed by atoms with Crippen molar-refractivity contribution < 1.29 is 17.9 Å². The van der Waals surface area contributed by atoms with Gasteiger partial charge in [-0.15, -0.1) is 0 Å². The highest BCUT2D eigenvalue weighted by atomic mass is 32.2. The molecule has 3 rings (SSSR count). The topological polar surface area (TPSA) is 75.7 Å². The minimum atomic E-state index is -3.52. The normalized spacial score (nSPS) is 17.4. The van der Waals surface area contributed by atoms with E-state index < -0.39 is 16.1 Å². The van der Waals surface area contributed by atoms with E-state index in [1.165, 1.54) is 4.31 Å². The van der Waals surface area contributed by atoms with Gasteiger partial charge in [0, 0.05) is 0 Å². The van der Waals surface area contributed by atoms with E-state index in [-0.39, 0.29) is 24.2 Å². The second-order valence-electron chi connectivity index (χ2n) is 6.89. The summed E-state index contributed by atoms with van der Waals surface area (Å²) in [7, 11) is -3.52. The van der Waals surface area contributed by atoms with Gasteiger partial charge in [0.15, 0.2) is 6.10 Å². The van der Waals surface area contributed by atoms with Crippen LogP contribution in [0.4, 0.5) is 5.69 Å². The van der Waals surface area contributed by atoms with Crippen LogP contribution < -0.4 is 14.4 Å². The number of nitrogens with zero attached hydrogens (tertiary/aromatic N) is 1. The van der Waals surface area contributed by atoms with Crippen LogP contribution in [0.1, 0.15) is 37.4 Å². The lowest BCUT2D eigenvalue weighted by molar-refractivity contribution is -0.128. The van der Waals surface area contributed by atoms with Crippen LogP contribution in [0.25, 0.3) is 0 Å². The zero-order valence-electron chi connectivity index (χ0n) is 16.4. The van der Waals surface area contributed by atoms with Crippen molar-refractivity contribution in [1.82, 2.24) is 5.32 Å². The molecule has 0 fully saturated rings. The van der Waals surface area contributed by atoms with Gasteiger partial charge in [0.1, 0.15) is 5.75 Å². The third-order valence-electron chi connectivity index (χ3n) is 4.93. The van der Waals surface area contributed by atoms with E-state index in [2.05, 4.69) is 5.32 Å². The quantitative estimate of drug-likeness (QED) is 0.805. The summed E-state index contributed by atoms with van der Waals surface area (Å²) in [5.74, 6) is 0.0314. The minimum absolute atomic E-state index is 0.0383. The van der Waals surface area contributed by atoms with Crippen LogP contribution in [0.2, 0.25) is 0 Å². The molecule has 0 unspecified atom stereocenters. The zero-order valence-corrected chi connectivity index (χ0v) is 17.2. The summed E-state index contributed by atoms with van der Waals surface area (Å²) in [4.78, 5) is 12.9. The van der Waals surface area contributed by atoms with Crippen molar-refractivity contribution in [3.63, 3.8) is 0 Å². The summed E-state index contributed by atoms with van der Waals surface area (Å²) in [5.41, 5.74) is 2.63. The SMILES string of the molecule is CC[C@@H](NC(=O)[C@H]1CN(S(=O)(=O)CC)c2ccccc2O1)c1ccc(C)cc1. The number of anilines is 1. The molecule has 6 nitrogen and oxygen atoms in total. The third kappa shape index (κ3) is 4.14. The Balaban J connectivity index is 1.83. The highest BCUT2D eigenvalue weighted by Crippen LogP contribution is 2.35. The molecule has 150 valence electrons. The van der Waals surface area contributed by atoms with Crippen molar-refractivity contribution in [2.45, 2.75) is 39.3 Å². The summed E-state index contributed by atoms with van der Waals surface area (Å²) in [5, 5.41) is 3.01. The fourth-order valence-electron chi connectivity index (χ4n) is 3.24. The van der Waals surface area contributed by atoms with Gasteiger partial charge in [-0.2, -0.15) is 0 Å². The fourth-order valence-corrected chi connectivity index (χ4v) is 4.37. The molecule has 28 heavy (non-hydrogen) atoms. The number of fused-ring (bicyclic) bond motifs is 1. The molecule has 1 aliphatic rings. The average molecular weight is 403 g/mol. The Bertz CT molecular complexity index is 941. The molecule has 0 saturated heterocycles. The van der Waals surface area contributed by atoms with Crippen LogP contribution >= 0.6 is 0 Å². The van der Waals surface area contributed by atoms with Crippen molar-refractivity contribution in [1.29, 1.82) is 0 Å². The first-order valence-electron chi connectivity index (χ1n) is 9.48. The summed E-state index contributed by atoms with van der Waals surface area (Å²) in [6, 6.07) is 14.7. The number of para-hydroxylation sites is 2. The van der Waals surface area contributed by atoms with Gasteiger partial charge in [-0.3, -0.25) is 9.10 Å². The van der Waals surface area contributed by atoms with Crippen LogP contribution in [-0.2, 0) is 14.8 Å². The van der Waals surface area contributed by atoms with E-state index in [0.29, 0.717) is 11.4 Å². The predicted molar refractivity (Wildman–Crippen MR) is 110 cm³/mol. The minimum Gasteiger partial charge on any atom is -0.476 e. The smallest absolute Gasteiger partial charge is 0.263 e. The van der Waals surface area contributed by atoms with Crippen molar-refractivity contribution in [2.24, 2.45) is 0 Å². The Morgan fingerprint density at radius 3 is 2.50 bits per heavy atom. The highest BCUT2D eigenvalue weighted by Gasteiger charge is 2.36. The number of nitrogens with one attached hydrogen (secondary N) is 1. The molecule has 1 N–H and O–H groups in total. The summed E-state index contributed by atoms with van der Waals surface area (Å²) < 4.78 is 32.2. The Morgan fingerprint density at radius 2 is 1.86 bits per heavy atom. The van der Waals surface area contributed by atoms with E-state index in [0.717, 1.165) is 17.5 Å². The van der Waals surface area contributed by atoms with Crippen LogP contribution in [-0.4, -0.2) is 32.7 Å². The summed E-state index contributed by atoms with van der Waals surface area (Å²) >= 11 is 0. The van der Waals surface area contributed by atoms with Gasteiger partial charge in [-0.25, -0.2) is 8.42 Å². The van der Waals surface area contributed by atoms with Crippen LogP contribution in [0, 0.1) is 6.92 Å². The number of amides is 1. The van der Waals surface area contributed by atoms with Crippen molar-refractivity contribution in [2.75, 3.05) is 16.6 Å². The van der Waals surface area contributed by atoms with E-state index in [1.807, 2.05) is 38.1 Å². The Hall–Kier alpha value is -2.54. The molecule has 1 aliphatic heterocycles. The number of ether oxygens (including phenoxy) is 1. The van der Waals surface area contributed by atoms with Crippen molar-refractivity contribution in [3.8, 4) is 5.75 Å². The van der Waals surface area contributed by atoms with Gasteiger partial charge in [-0.1, -0.05) is 48.9 Å². The lowest BCUT2D eigenvalue weighted by Crippen LogP contribution is -2.51. The maximum Gasteiger partial charge on any atom is 0.263 e. The van der Waals surface area contributed by atoms with Crippen molar-refractivity contribution >= 4 is 21.6 Å². The van der Waals surface area contributed by atoms with E-state index in [1.54, 1.807) is 31.2 Å². The zero-order chi connectivity index (χ0) is 20.3.